The molecular weight excluding hydrogens is 350 g/mol. The van der Waals surface area contributed by atoms with E-state index in [1.165, 1.54) is 11.6 Å². The zero-order valence-electron chi connectivity index (χ0n) is 14.7. The molecule has 0 aliphatic carbocycles. The van der Waals surface area contributed by atoms with Gasteiger partial charge >= 0.3 is 6.03 Å². The number of rotatable bonds is 6. The van der Waals surface area contributed by atoms with E-state index in [0.29, 0.717) is 24.3 Å². The minimum absolute atomic E-state index is 0.0576. The highest BCUT2D eigenvalue weighted by atomic mass is 32.2. The fourth-order valence-electron chi connectivity index (χ4n) is 3.11. The topological polar surface area (TPSA) is 92.5 Å². The summed E-state index contributed by atoms with van der Waals surface area (Å²) >= 11 is 0. The van der Waals surface area contributed by atoms with Gasteiger partial charge in [0, 0.05) is 24.3 Å². The van der Waals surface area contributed by atoms with Gasteiger partial charge in [-0.2, -0.15) is 0 Å². The Hall–Kier alpha value is -2.38. The second-order valence-electron chi connectivity index (χ2n) is 6.41. The number of nitrogens with two attached hydrogens (primary N) is 1. The highest BCUT2D eigenvalue weighted by Gasteiger charge is 2.23. The summed E-state index contributed by atoms with van der Waals surface area (Å²) in [5, 5.41) is 8.14. The van der Waals surface area contributed by atoms with Gasteiger partial charge in [0.25, 0.3) is 0 Å². The monoisotopic (exact) mass is 373 g/mol. The molecule has 7 heteroatoms. The third-order valence-electron chi connectivity index (χ3n) is 4.52. The van der Waals surface area contributed by atoms with Crippen LogP contribution in [0.4, 0.5) is 10.5 Å². The predicted molar refractivity (Wildman–Crippen MR) is 103 cm³/mol. The van der Waals surface area contributed by atoms with E-state index < -0.39 is 10.0 Å². The van der Waals surface area contributed by atoms with Crippen LogP contribution in [0.3, 0.4) is 0 Å². The first-order chi connectivity index (χ1) is 12.4. The maximum Gasteiger partial charge on any atom is 0.321 e. The molecule has 138 valence electrons. The maximum atomic E-state index is 12.0. The Kier molecular flexibility index (Phi) is 5.29. The van der Waals surface area contributed by atoms with E-state index >= 15 is 0 Å². The average molecular weight is 373 g/mol. The largest absolute Gasteiger partial charge is 0.336 e. The second-order valence-corrected chi connectivity index (χ2v) is 7.94. The second kappa shape index (κ2) is 7.47. The van der Waals surface area contributed by atoms with Crippen molar-refractivity contribution >= 4 is 21.7 Å². The lowest BCUT2D eigenvalue weighted by Gasteiger charge is -2.17. The van der Waals surface area contributed by atoms with Gasteiger partial charge in [0.1, 0.15) is 0 Å². The summed E-state index contributed by atoms with van der Waals surface area (Å²) in [6, 6.07) is 12.4. The highest BCUT2D eigenvalue weighted by Crippen LogP contribution is 2.32. The van der Waals surface area contributed by atoms with Crippen LogP contribution in [0.15, 0.2) is 47.4 Å². The van der Waals surface area contributed by atoms with E-state index in [1.807, 2.05) is 24.3 Å². The van der Waals surface area contributed by atoms with Gasteiger partial charge in [-0.25, -0.2) is 18.4 Å². The zero-order valence-corrected chi connectivity index (χ0v) is 15.6. The molecule has 1 aliphatic rings. The van der Waals surface area contributed by atoms with Crippen molar-refractivity contribution < 1.29 is 13.2 Å². The van der Waals surface area contributed by atoms with E-state index in [1.54, 1.807) is 17.0 Å². The number of urea groups is 1. The molecule has 2 amide bonds. The van der Waals surface area contributed by atoms with Crippen molar-refractivity contribution in [3.63, 3.8) is 0 Å². The number of sulfonamides is 1. The third kappa shape index (κ3) is 3.89. The average Bonchev–Trinajstić information content (AvgIpc) is 3.05. The number of aryl methyl sites for hydroxylation is 1. The first-order valence-corrected chi connectivity index (χ1v) is 10.3. The smallest absolute Gasteiger partial charge is 0.321 e. The van der Waals surface area contributed by atoms with Crippen molar-refractivity contribution in [1.29, 1.82) is 0 Å². The number of benzene rings is 2. The van der Waals surface area contributed by atoms with Gasteiger partial charge in [0.2, 0.25) is 10.0 Å². The Labute approximate surface area is 154 Å². The van der Waals surface area contributed by atoms with E-state index in [4.69, 9.17) is 5.14 Å². The molecule has 1 fully saturated rings. The SMILES string of the molecule is CCCCc1ccc(-c2cc(N3CCNC3=O)ccc2S(N)(=O)=O)cc1. The molecule has 6 nitrogen and oxygen atoms in total. The molecule has 0 radical (unpaired) electrons. The molecule has 0 spiro atoms. The summed E-state index contributed by atoms with van der Waals surface area (Å²) in [6.07, 6.45) is 3.23. The number of unbranched alkanes of at least 4 members (excludes halogenated alkanes) is 1. The number of carbonyl (C=O) groups is 1. The molecule has 0 aromatic heterocycles. The van der Waals surface area contributed by atoms with Gasteiger partial charge in [0.15, 0.2) is 0 Å². The Balaban J connectivity index is 2.03. The van der Waals surface area contributed by atoms with Crippen LogP contribution in [-0.4, -0.2) is 27.5 Å². The molecule has 2 aromatic carbocycles. The Morgan fingerprint density at radius 1 is 1.15 bits per heavy atom. The molecule has 0 unspecified atom stereocenters. The molecular formula is C19H23N3O3S. The molecule has 2 aromatic rings. The van der Waals surface area contributed by atoms with Crippen molar-refractivity contribution in [3.05, 3.63) is 48.0 Å². The van der Waals surface area contributed by atoms with Gasteiger partial charge in [0.05, 0.1) is 4.90 Å². The number of anilines is 1. The van der Waals surface area contributed by atoms with Crippen molar-refractivity contribution in [3.8, 4) is 11.1 Å². The van der Waals surface area contributed by atoms with Gasteiger partial charge in [-0.05, 0) is 42.2 Å². The summed E-state index contributed by atoms with van der Waals surface area (Å²) in [5.41, 5.74) is 3.13. The lowest BCUT2D eigenvalue weighted by atomic mass is 10.0. The highest BCUT2D eigenvalue weighted by molar-refractivity contribution is 7.89. The van der Waals surface area contributed by atoms with Gasteiger partial charge in [-0.15, -0.1) is 0 Å². The van der Waals surface area contributed by atoms with Gasteiger partial charge in [-0.3, -0.25) is 4.90 Å². The summed E-state index contributed by atoms with van der Waals surface area (Å²) in [6.45, 7) is 3.26. The minimum Gasteiger partial charge on any atom is -0.336 e. The molecule has 1 aliphatic heterocycles. The van der Waals surface area contributed by atoms with Crippen LogP contribution in [-0.2, 0) is 16.4 Å². The number of amides is 2. The summed E-state index contributed by atoms with van der Waals surface area (Å²) < 4.78 is 24.0. The van der Waals surface area contributed by atoms with E-state index in [-0.39, 0.29) is 10.9 Å². The van der Waals surface area contributed by atoms with Crippen LogP contribution in [0.25, 0.3) is 11.1 Å². The number of carbonyl (C=O) groups excluding carboxylic acids is 1. The van der Waals surface area contributed by atoms with E-state index in [0.717, 1.165) is 24.8 Å². The van der Waals surface area contributed by atoms with E-state index in [9.17, 15) is 13.2 Å². The number of primary sulfonamides is 1. The summed E-state index contributed by atoms with van der Waals surface area (Å²) in [5.74, 6) is 0. The predicted octanol–water partition coefficient (Wildman–Crippen LogP) is 2.87. The molecule has 0 bridgehead atoms. The lowest BCUT2D eigenvalue weighted by molar-refractivity contribution is 0.252. The van der Waals surface area contributed by atoms with Crippen molar-refractivity contribution in [2.75, 3.05) is 18.0 Å². The fourth-order valence-corrected chi connectivity index (χ4v) is 3.85. The van der Waals surface area contributed by atoms with Crippen LogP contribution in [0.2, 0.25) is 0 Å². The number of nitrogens with one attached hydrogen (secondary N) is 1. The minimum atomic E-state index is -3.88. The van der Waals surface area contributed by atoms with Gasteiger partial charge < -0.3 is 5.32 Å². The number of nitrogens with zero attached hydrogens (tertiary/aromatic N) is 1. The zero-order chi connectivity index (χ0) is 18.7. The number of hydrogen-bond donors (Lipinski definition) is 2. The van der Waals surface area contributed by atoms with Crippen molar-refractivity contribution in [2.24, 2.45) is 5.14 Å². The van der Waals surface area contributed by atoms with Crippen LogP contribution in [0.1, 0.15) is 25.3 Å². The Morgan fingerprint density at radius 3 is 2.46 bits per heavy atom. The quantitative estimate of drug-likeness (QED) is 0.815. The van der Waals surface area contributed by atoms with Crippen LogP contribution >= 0.6 is 0 Å². The lowest BCUT2D eigenvalue weighted by Crippen LogP contribution is -2.27. The number of hydrogen-bond acceptors (Lipinski definition) is 3. The molecule has 1 saturated heterocycles. The van der Waals surface area contributed by atoms with Crippen LogP contribution < -0.4 is 15.4 Å². The standard InChI is InChI=1S/C19H23N3O3S/c1-2-3-4-14-5-7-15(8-6-14)17-13-16(22-12-11-21-19(22)23)9-10-18(17)26(20,24)25/h5-10,13H,2-4,11-12H2,1H3,(H,21,23)(H2,20,24,25). The van der Waals surface area contributed by atoms with Crippen molar-refractivity contribution in [1.82, 2.24) is 5.32 Å². The summed E-state index contributed by atoms with van der Waals surface area (Å²) in [7, 11) is -3.88. The Bertz CT molecular complexity index is 908. The van der Waals surface area contributed by atoms with E-state index in [2.05, 4.69) is 12.2 Å². The molecule has 3 N–H and O–H groups in total. The molecule has 0 atom stereocenters. The normalized spacial score (nSPS) is 14.5. The van der Waals surface area contributed by atoms with Crippen LogP contribution in [0, 0.1) is 0 Å². The van der Waals surface area contributed by atoms with Crippen LogP contribution in [0.5, 0.6) is 0 Å². The molecule has 0 saturated carbocycles. The third-order valence-corrected chi connectivity index (χ3v) is 5.49. The summed E-state index contributed by atoms with van der Waals surface area (Å²) in [4.78, 5) is 13.6. The molecule has 26 heavy (non-hydrogen) atoms. The molecule has 3 rings (SSSR count). The van der Waals surface area contributed by atoms with Crippen molar-refractivity contribution in [2.45, 2.75) is 31.1 Å². The molecule has 1 heterocycles. The van der Waals surface area contributed by atoms with Gasteiger partial charge in [-0.1, -0.05) is 37.6 Å². The first-order valence-electron chi connectivity index (χ1n) is 8.71. The first kappa shape index (κ1) is 18.4. The Morgan fingerprint density at radius 2 is 1.88 bits per heavy atom. The maximum absolute atomic E-state index is 12.0. The fraction of sp³-hybridized carbons (Fsp3) is 0.316.